The Hall–Kier alpha value is -2.62. The van der Waals surface area contributed by atoms with Crippen molar-refractivity contribution in [3.05, 3.63) is 65.7 Å². The summed E-state index contributed by atoms with van der Waals surface area (Å²) in [4.78, 5) is 11.9. The van der Waals surface area contributed by atoms with Gasteiger partial charge in [0.05, 0.1) is 12.3 Å². The molecule has 0 saturated carbocycles. The SMILES string of the molecule is CC/C(=N/NC(=O)CNc1ccc(C)cc1)c1ccccc1. The van der Waals surface area contributed by atoms with Crippen LogP contribution in [-0.2, 0) is 4.79 Å². The molecule has 0 heterocycles. The standard InChI is InChI=1S/C18H21N3O/c1-3-17(15-7-5-4-6-8-15)20-21-18(22)13-19-16-11-9-14(2)10-12-16/h4-12,19H,3,13H2,1-2H3,(H,21,22)/b20-17-. The van der Waals surface area contributed by atoms with E-state index in [1.54, 1.807) is 0 Å². The van der Waals surface area contributed by atoms with Crippen molar-refractivity contribution in [1.82, 2.24) is 5.43 Å². The van der Waals surface area contributed by atoms with Crippen LogP contribution in [-0.4, -0.2) is 18.2 Å². The molecule has 0 aliphatic rings. The third kappa shape index (κ3) is 4.74. The summed E-state index contributed by atoms with van der Waals surface area (Å²) < 4.78 is 0. The summed E-state index contributed by atoms with van der Waals surface area (Å²) >= 11 is 0. The van der Waals surface area contributed by atoms with Crippen molar-refractivity contribution < 1.29 is 4.79 Å². The molecule has 0 aliphatic carbocycles. The van der Waals surface area contributed by atoms with Gasteiger partial charge in [0.2, 0.25) is 0 Å². The molecule has 4 heteroatoms. The number of benzene rings is 2. The molecule has 0 fully saturated rings. The summed E-state index contributed by atoms with van der Waals surface area (Å²) in [7, 11) is 0. The molecule has 0 radical (unpaired) electrons. The fourth-order valence-electron chi connectivity index (χ4n) is 2.00. The number of hydrazone groups is 1. The van der Waals surface area contributed by atoms with E-state index >= 15 is 0 Å². The van der Waals surface area contributed by atoms with Crippen molar-refractivity contribution in [1.29, 1.82) is 0 Å². The van der Waals surface area contributed by atoms with E-state index in [-0.39, 0.29) is 12.5 Å². The Morgan fingerprint density at radius 3 is 2.36 bits per heavy atom. The van der Waals surface area contributed by atoms with E-state index in [9.17, 15) is 4.79 Å². The highest BCUT2D eigenvalue weighted by atomic mass is 16.2. The Morgan fingerprint density at radius 2 is 1.73 bits per heavy atom. The molecule has 0 spiro atoms. The molecule has 114 valence electrons. The molecular formula is C18H21N3O. The maximum absolute atomic E-state index is 11.9. The van der Waals surface area contributed by atoms with Crippen molar-refractivity contribution in [3.8, 4) is 0 Å². The van der Waals surface area contributed by atoms with Gasteiger partial charge in [-0.3, -0.25) is 4.79 Å². The van der Waals surface area contributed by atoms with Gasteiger partial charge in [0.1, 0.15) is 0 Å². The van der Waals surface area contributed by atoms with E-state index in [1.165, 1.54) is 5.56 Å². The smallest absolute Gasteiger partial charge is 0.259 e. The lowest BCUT2D eigenvalue weighted by molar-refractivity contribution is -0.119. The van der Waals surface area contributed by atoms with Gasteiger partial charge in [0.15, 0.2) is 0 Å². The lowest BCUT2D eigenvalue weighted by atomic mass is 10.1. The molecule has 2 N–H and O–H groups in total. The van der Waals surface area contributed by atoms with Crippen molar-refractivity contribution in [2.24, 2.45) is 5.10 Å². The molecule has 0 unspecified atom stereocenters. The van der Waals surface area contributed by atoms with Crippen LogP contribution in [0.25, 0.3) is 0 Å². The van der Waals surface area contributed by atoms with Crippen molar-refractivity contribution in [2.45, 2.75) is 20.3 Å². The summed E-state index contributed by atoms with van der Waals surface area (Å²) in [6.07, 6.45) is 0.760. The predicted molar refractivity (Wildman–Crippen MR) is 91.1 cm³/mol. The summed E-state index contributed by atoms with van der Waals surface area (Å²) in [5.41, 5.74) is 6.60. The van der Waals surface area contributed by atoms with E-state index in [2.05, 4.69) is 15.8 Å². The van der Waals surface area contributed by atoms with E-state index in [4.69, 9.17) is 0 Å². The summed E-state index contributed by atoms with van der Waals surface area (Å²) in [5, 5.41) is 7.29. The van der Waals surface area contributed by atoms with Crippen LogP contribution in [0.3, 0.4) is 0 Å². The molecule has 0 bridgehead atoms. The van der Waals surface area contributed by atoms with Gasteiger partial charge in [0, 0.05) is 5.69 Å². The van der Waals surface area contributed by atoms with Crippen LogP contribution in [0.5, 0.6) is 0 Å². The molecule has 1 amide bonds. The predicted octanol–water partition coefficient (Wildman–Crippen LogP) is 3.34. The van der Waals surface area contributed by atoms with Crippen LogP contribution in [0.4, 0.5) is 5.69 Å². The topological polar surface area (TPSA) is 53.5 Å². The Kier molecular flexibility index (Phi) is 5.72. The van der Waals surface area contributed by atoms with Gasteiger partial charge in [-0.2, -0.15) is 5.10 Å². The normalized spacial score (nSPS) is 11.1. The van der Waals surface area contributed by atoms with Gasteiger partial charge in [-0.15, -0.1) is 0 Å². The number of carbonyl (C=O) groups excluding carboxylic acids is 1. The Labute approximate surface area is 131 Å². The van der Waals surface area contributed by atoms with Crippen LogP contribution < -0.4 is 10.7 Å². The number of nitrogens with zero attached hydrogens (tertiary/aromatic N) is 1. The van der Waals surface area contributed by atoms with Crippen LogP contribution in [0.15, 0.2) is 59.7 Å². The minimum Gasteiger partial charge on any atom is -0.376 e. The first-order valence-electron chi connectivity index (χ1n) is 7.40. The maximum atomic E-state index is 11.9. The van der Waals surface area contributed by atoms with E-state index in [0.717, 1.165) is 23.4 Å². The van der Waals surface area contributed by atoms with E-state index in [1.807, 2.05) is 68.4 Å². The zero-order chi connectivity index (χ0) is 15.8. The third-order valence-electron chi connectivity index (χ3n) is 3.26. The van der Waals surface area contributed by atoms with Crippen LogP contribution in [0.1, 0.15) is 24.5 Å². The number of rotatable bonds is 6. The molecule has 2 aromatic rings. The average Bonchev–Trinajstić information content (AvgIpc) is 2.56. The van der Waals surface area contributed by atoms with Gasteiger partial charge in [-0.05, 0) is 31.0 Å². The minimum absolute atomic E-state index is 0.164. The second-order valence-electron chi connectivity index (χ2n) is 5.03. The number of carbonyl (C=O) groups is 1. The van der Waals surface area contributed by atoms with Crippen LogP contribution in [0, 0.1) is 6.92 Å². The second-order valence-corrected chi connectivity index (χ2v) is 5.03. The number of amides is 1. The molecule has 0 aromatic heterocycles. The lowest BCUT2D eigenvalue weighted by Crippen LogP contribution is -2.27. The van der Waals surface area contributed by atoms with Gasteiger partial charge in [-0.25, -0.2) is 5.43 Å². The van der Waals surface area contributed by atoms with E-state index in [0.29, 0.717) is 0 Å². The van der Waals surface area contributed by atoms with Crippen molar-refractivity contribution in [3.63, 3.8) is 0 Å². The van der Waals surface area contributed by atoms with Gasteiger partial charge < -0.3 is 5.32 Å². The maximum Gasteiger partial charge on any atom is 0.259 e. The largest absolute Gasteiger partial charge is 0.376 e. The molecular weight excluding hydrogens is 274 g/mol. The minimum atomic E-state index is -0.164. The van der Waals surface area contributed by atoms with Crippen molar-refractivity contribution in [2.75, 3.05) is 11.9 Å². The highest BCUT2D eigenvalue weighted by Crippen LogP contribution is 2.07. The first-order valence-corrected chi connectivity index (χ1v) is 7.40. The molecule has 0 saturated heterocycles. The zero-order valence-corrected chi connectivity index (χ0v) is 13.0. The highest BCUT2D eigenvalue weighted by molar-refractivity contribution is 6.00. The van der Waals surface area contributed by atoms with Crippen LogP contribution >= 0.6 is 0 Å². The Balaban J connectivity index is 1.88. The summed E-state index contributed by atoms with van der Waals surface area (Å²) in [5.74, 6) is -0.164. The zero-order valence-electron chi connectivity index (χ0n) is 13.0. The van der Waals surface area contributed by atoms with Crippen molar-refractivity contribution >= 4 is 17.3 Å². The average molecular weight is 295 g/mol. The number of aryl methyl sites for hydroxylation is 1. The van der Waals surface area contributed by atoms with Gasteiger partial charge >= 0.3 is 0 Å². The molecule has 0 aliphatic heterocycles. The number of hydrogen-bond donors (Lipinski definition) is 2. The molecule has 0 atom stereocenters. The summed E-state index contributed by atoms with van der Waals surface area (Å²) in [6, 6.07) is 17.8. The van der Waals surface area contributed by atoms with E-state index < -0.39 is 0 Å². The quantitative estimate of drug-likeness (QED) is 0.634. The monoisotopic (exact) mass is 295 g/mol. The highest BCUT2D eigenvalue weighted by Gasteiger charge is 2.03. The Bertz CT molecular complexity index is 633. The number of hydrogen-bond acceptors (Lipinski definition) is 3. The fourth-order valence-corrected chi connectivity index (χ4v) is 2.00. The second kappa shape index (κ2) is 7.98. The summed E-state index contributed by atoms with van der Waals surface area (Å²) in [6.45, 7) is 4.24. The molecule has 22 heavy (non-hydrogen) atoms. The Morgan fingerprint density at radius 1 is 1.05 bits per heavy atom. The number of anilines is 1. The number of nitrogens with one attached hydrogen (secondary N) is 2. The first-order chi connectivity index (χ1) is 10.7. The fraction of sp³-hybridized carbons (Fsp3) is 0.222. The molecule has 2 aromatic carbocycles. The third-order valence-corrected chi connectivity index (χ3v) is 3.26. The van der Waals surface area contributed by atoms with Crippen LogP contribution in [0.2, 0.25) is 0 Å². The van der Waals surface area contributed by atoms with Gasteiger partial charge in [-0.1, -0.05) is 55.0 Å². The molecule has 2 rings (SSSR count). The molecule has 4 nitrogen and oxygen atoms in total. The lowest BCUT2D eigenvalue weighted by Gasteiger charge is -2.07. The first kappa shape index (κ1) is 15.8. The van der Waals surface area contributed by atoms with Gasteiger partial charge in [0.25, 0.3) is 5.91 Å².